The van der Waals surface area contributed by atoms with Crippen molar-refractivity contribution in [2.24, 2.45) is 5.92 Å². The van der Waals surface area contributed by atoms with Crippen molar-refractivity contribution in [2.45, 2.75) is 11.3 Å². The Labute approximate surface area is 171 Å². The highest BCUT2D eigenvalue weighted by Crippen LogP contribution is 2.23. The van der Waals surface area contributed by atoms with E-state index in [1.54, 1.807) is 35.1 Å². The smallest absolute Gasteiger partial charge is 0.316 e. The van der Waals surface area contributed by atoms with Crippen LogP contribution in [0.1, 0.15) is 5.56 Å². The molecule has 0 saturated heterocycles. The SMILES string of the molecule is O=C(O)C(Cc1ccccc1[N+](=O)[O-])C(=O)NS(=O)(=O)c1ccc2ccccc2c1. The lowest BCUT2D eigenvalue weighted by atomic mass is 9.97. The Hall–Kier alpha value is -3.79. The largest absolute Gasteiger partial charge is 0.481 e. The Morgan fingerprint density at radius 2 is 1.63 bits per heavy atom. The molecule has 0 spiro atoms. The van der Waals surface area contributed by atoms with Gasteiger partial charge in [0.2, 0.25) is 5.91 Å². The molecule has 0 aliphatic rings. The molecule has 0 aliphatic carbocycles. The van der Waals surface area contributed by atoms with E-state index in [2.05, 4.69) is 0 Å². The van der Waals surface area contributed by atoms with Crippen LogP contribution in [0, 0.1) is 16.0 Å². The molecule has 10 heteroatoms. The number of nitrogens with one attached hydrogen (secondary N) is 1. The van der Waals surface area contributed by atoms with Crippen molar-refractivity contribution in [1.29, 1.82) is 0 Å². The van der Waals surface area contributed by atoms with Crippen LogP contribution in [0.15, 0.2) is 71.6 Å². The number of carboxylic acids is 1. The second-order valence-corrected chi connectivity index (χ2v) is 8.14. The molecule has 0 bridgehead atoms. The van der Waals surface area contributed by atoms with Crippen molar-refractivity contribution in [3.8, 4) is 0 Å². The van der Waals surface area contributed by atoms with E-state index < -0.39 is 39.2 Å². The van der Waals surface area contributed by atoms with Crippen LogP contribution >= 0.6 is 0 Å². The molecule has 2 N–H and O–H groups in total. The van der Waals surface area contributed by atoms with Crippen LogP contribution in [0.2, 0.25) is 0 Å². The van der Waals surface area contributed by atoms with Crippen LogP contribution in [0.5, 0.6) is 0 Å². The first kappa shape index (κ1) is 20.9. The van der Waals surface area contributed by atoms with Crippen molar-refractivity contribution in [2.75, 3.05) is 0 Å². The summed E-state index contributed by atoms with van der Waals surface area (Å²) in [6, 6.07) is 16.6. The molecule has 3 aromatic carbocycles. The van der Waals surface area contributed by atoms with Gasteiger partial charge in [0.1, 0.15) is 5.92 Å². The zero-order chi connectivity index (χ0) is 21.9. The summed E-state index contributed by atoms with van der Waals surface area (Å²) in [5, 5.41) is 22.0. The van der Waals surface area contributed by atoms with E-state index in [1.165, 1.54) is 36.4 Å². The highest BCUT2D eigenvalue weighted by atomic mass is 32.2. The minimum Gasteiger partial charge on any atom is -0.481 e. The van der Waals surface area contributed by atoms with Gasteiger partial charge in [-0.25, -0.2) is 13.1 Å². The fourth-order valence-corrected chi connectivity index (χ4v) is 4.02. The van der Waals surface area contributed by atoms with E-state index >= 15 is 0 Å². The number of nitro groups is 1. The number of fused-ring (bicyclic) bond motifs is 1. The molecule has 3 rings (SSSR count). The van der Waals surface area contributed by atoms with Crippen LogP contribution in [0.4, 0.5) is 5.69 Å². The van der Waals surface area contributed by atoms with Gasteiger partial charge in [-0.15, -0.1) is 0 Å². The second kappa shape index (κ2) is 8.29. The van der Waals surface area contributed by atoms with Crippen LogP contribution < -0.4 is 4.72 Å². The third-order valence-electron chi connectivity index (χ3n) is 4.49. The molecule has 30 heavy (non-hydrogen) atoms. The van der Waals surface area contributed by atoms with Crippen LogP contribution in [0.25, 0.3) is 10.8 Å². The van der Waals surface area contributed by atoms with E-state index in [-0.39, 0.29) is 16.1 Å². The molecular formula is C20H16N2O7S. The van der Waals surface area contributed by atoms with Gasteiger partial charge in [-0.2, -0.15) is 0 Å². The molecule has 0 aliphatic heterocycles. The number of carbonyl (C=O) groups is 2. The average molecular weight is 428 g/mol. The lowest BCUT2D eigenvalue weighted by molar-refractivity contribution is -0.385. The Bertz CT molecular complexity index is 1250. The van der Waals surface area contributed by atoms with Crippen LogP contribution in [-0.2, 0) is 26.0 Å². The number of carboxylic acid groups (broad SMARTS) is 1. The Morgan fingerprint density at radius 1 is 1.00 bits per heavy atom. The molecule has 9 nitrogen and oxygen atoms in total. The molecule has 1 atom stereocenters. The normalized spacial score (nSPS) is 12.3. The van der Waals surface area contributed by atoms with Crippen molar-refractivity contribution in [1.82, 2.24) is 4.72 Å². The summed E-state index contributed by atoms with van der Waals surface area (Å²) in [4.78, 5) is 34.3. The van der Waals surface area contributed by atoms with E-state index in [0.29, 0.717) is 5.39 Å². The predicted molar refractivity (Wildman–Crippen MR) is 107 cm³/mol. The zero-order valence-electron chi connectivity index (χ0n) is 15.4. The van der Waals surface area contributed by atoms with Gasteiger partial charge < -0.3 is 5.11 Å². The number of para-hydroxylation sites is 1. The van der Waals surface area contributed by atoms with Crippen LogP contribution in [-0.4, -0.2) is 30.3 Å². The second-order valence-electron chi connectivity index (χ2n) is 6.46. The molecule has 0 saturated carbocycles. The first-order chi connectivity index (χ1) is 14.2. The fraction of sp³-hybridized carbons (Fsp3) is 0.100. The predicted octanol–water partition coefficient (Wildman–Crippen LogP) is 2.50. The molecular weight excluding hydrogens is 412 g/mol. The minimum absolute atomic E-state index is 0.00755. The monoisotopic (exact) mass is 428 g/mol. The first-order valence-corrected chi connectivity index (χ1v) is 10.2. The summed E-state index contributed by atoms with van der Waals surface area (Å²) in [6.07, 6.45) is -0.536. The van der Waals surface area contributed by atoms with Crippen molar-refractivity contribution in [3.63, 3.8) is 0 Å². The van der Waals surface area contributed by atoms with Gasteiger partial charge in [-0.1, -0.05) is 48.5 Å². The number of nitro benzene ring substituents is 1. The number of carbonyl (C=O) groups excluding carboxylic acids is 1. The lowest BCUT2D eigenvalue weighted by Gasteiger charge is -2.14. The number of sulfonamides is 1. The van der Waals surface area contributed by atoms with E-state index in [1.807, 2.05) is 0 Å². The molecule has 1 unspecified atom stereocenters. The van der Waals surface area contributed by atoms with Crippen LogP contribution in [0.3, 0.4) is 0 Å². The van der Waals surface area contributed by atoms with E-state index in [0.717, 1.165) is 5.39 Å². The first-order valence-electron chi connectivity index (χ1n) is 8.69. The van der Waals surface area contributed by atoms with Crippen molar-refractivity contribution in [3.05, 3.63) is 82.4 Å². The standard InChI is InChI=1S/C20H16N2O7S/c23-19(17(20(24)25)12-15-7-3-4-8-18(15)22(26)27)21-30(28,29)16-10-9-13-5-1-2-6-14(13)11-16/h1-11,17H,12H2,(H,21,23)(H,24,25). The lowest BCUT2D eigenvalue weighted by Crippen LogP contribution is -2.40. The molecule has 0 heterocycles. The van der Waals surface area contributed by atoms with Gasteiger partial charge in [0, 0.05) is 18.1 Å². The highest BCUT2D eigenvalue weighted by Gasteiger charge is 2.32. The summed E-state index contributed by atoms with van der Waals surface area (Å²) < 4.78 is 27.0. The molecule has 0 radical (unpaired) electrons. The third-order valence-corrected chi connectivity index (χ3v) is 5.84. The molecule has 154 valence electrons. The summed E-state index contributed by atoms with van der Waals surface area (Å²) >= 11 is 0. The number of hydrogen-bond acceptors (Lipinski definition) is 6. The highest BCUT2D eigenvalue weighted by molar-refractivity contribution is 7.90. The van der Waals surface area contributed by atoms with Gasteiger partial charge >= 0.3 is 5.97 Å². The van der Waals surface area contributed by atoms with E-state index in [4.69, 9.17) is 0 Å². The fourth-order valence-electron chi connectivity index (χ4n) is 2.97. The van der Waals surface area contributed by atoms with Crippen molar-refractivity contribution < 1.29 is 28.0 Å². The summed E-state index contributed by atoms with van der Waals surface area (Å²) in [5.41, 5.74) is -0.345. The van der Waals surface area contributed by atoms with E-state index in [9.17, 15) is 33.2 Å². The maximum atomic E-state index is 12.6. The number of aliphatic carboxylic acids is 1. The Kier molecular flexibility index (Phi) is 5.79. The number of rotatable bonds is 7. The molecule has 1 amide bonds. The molecule has 0 aromatic heterocycles. The Morgan fingerprint density at radius 3 is 2.30 bits per heavy atom. The van der Waals surface area contributed by atoms with Gasteiger partial charge in [0.05, 0.1) is 9.82 Å². The number of benzene rings is 3. The third kappa shape index (κ3) is 4.44. The zero-order valence-corrected chi connectivity index (χ0v) is 16.2. The number of amides is 1. The van der Waals surface area contributed by atoms with Gasteiger partial charge in [-0.3, -0.25) is 19.7 Å². The Balaban J connectivity index is 1.87. The summed E-state index contributed by atoms with van der Waals surface area (Å²) in [7, 11) is -4.34. The van der Waals surface area contributed by atoms with Gasteiger partial charge in [0.15, 0.2) is 0 Å². The number of hydrogen-bond donors (Lipinski definition) is 2. The average Bonchev–Trinajstić information content (AvgIpc) is 2.71. The quantitative estimate of drug-likeness (QED) is 0.334. The summed E-state index contributed by atoms with van der Waals surface area (Å²) in [6.45, 7) is 0. The van der Waals surface area contributed by atoms with Gasteiger partial charge in [0.25, 0.3) is 15.7 Å². The minimum atomic E-state index is -4.34. The summed E-state index contributed by atoms with van der Waals surface area (Å²) in [5.74, 6) is -4.71. The molecule has 0 fully saturated rings. The molecule has 3 aromatic rings. The van der Waals surface area contributed by atoms with Crippen molar-refractivity contribution >= 4 is 38.4 Å². The maximum absolute atomic E-state index is 12.6. The van der Waals surface area contributed by atoms with Gasteiger partial charge in [-0.05, 0) is 22.9 Å². The maximum Gasteiger partial charge on any atom is 0.316 e. The number of nitrogens with zero attached hydrogens (tertiary/aromatic N) is 1. The topological polar surface area (TPSA) is 144 Å².